The van der Waals surface area contributed by atoms with Crippen LogP contribution in [0.5, 0.6) is 0 Å². The molecule has 0 saturated carbocycles. The van der Waals surface area contributed by atoms with Gasteiger partial charge in [-0.2, -0.15) is 0 Å². The number of amides is 2. The standard InChI is InChI=1S/C22H17N5O2S/c28-19(16-10-4-1-5-11-16)24-25-22-27(18-14-8-3-9-15-18)26-21(30-22)20(29)23-17-12-6-2-7-13-17/h1-15H,(H,23,29)(H,24,28)/b25-22-. The van der Waals surface area contributed by atoms with Crippen molar-refractivity contribution >= 4 is 28.8 Å². The monoisotopic (exact) mass is 415 g/mol. The first-order chi connectivity index (χ1) is 14.7. The Hall–Kier alpha value is -4.04. The Balaban J connectivity index is 1.66. The maximum Gasteiger partial charge on any atom is 0.286 e. The van der Waals surface area contributed by atoms with Crippen LogP contribution in [0.1, 0.15) is 20.2 Å². The fourth-order valence-electron chi connectivity index (χ4n) is 2.64. The molecule has 0 radical (unpaired) electrons. The van der Waals surface area contributed by atoms with Gasteiger partial charge in [0, 0.05) is 11.3 Å². The Kier molecular flexibility index (Phi) is 5.77. The first kappa shape index (κ1) is 19.3. The Labute approximate surface area is 176 Å². The van der Waals surface area contributed by atoms with Crippen LogP contribution >= 0.6 is 11.3 Å². The second kappa shape index (κ2) is 8.97. The maximum absolute atomic E-state index is 12.7. The van der Waals surface area contributed by atoms with E-state index < -0.39 is 0 Å². The van der Waals surface area contributed by atoms with Gasteiger partial charge in [0.2, 0.25) is 9.81 Å². The summed E-state index contributed by atoms with van der Waals surface area (Å²) in [5.41, 5.74) is 4.41. The third-order valence-electron chi connectivity index (χ3n) is 4.08. The van der Waals surface area contributed by atoms with E-state index in [-0.39, 0.29) is 16.8 Å². The van der Waals surface area contributed by atoms with Gasteiger partial charge in [-0.25, -0.2) is 10.1 Å². The number of hydrogen-bond acceptors (Lipinski definition) is 5. The van der Waals surface area contributed by atoms with Gasteiger partial charge < -0.3 is 5.32 Å². The molecule has 4 aromatic rings. The van der Waals surface area contributed by atoms with E-state index >= 15 is 0 Å². The maximum atomic E-state index is 12.7. The van der Waals surface area contributed by atoms with Crippen LogP contribution in [-0.2, 0) is 0 Å². The second-order valence-electron chi connectivity index (χ2n) is 6.18. The number of anilines is 1. The normalized spacial score (nSPS) is 11.1. The summed E-state index contributed by atoms with van der Waals surface area (Å²) in [6.45, 7) is 0. The van der Waals surface area contributed by atoms with Crippen LogP contribution in [-0.4, -0.2) is 21.6 Å². The van der Waals surface area contributed by atoms with Crippen LogP contribution in [0.25, 0.3) is 5.69 Å². The minimum absolute atomic E-state index is 0.218. The predicted octanol–water partition coefficient (Wildman–Crippen LogP) is 3.43. The predicted molar refractivity (Wildman–Crippen MR) is 115 cm³/mol. The highest BCUT2D eigenvalue weighted by Gasteiger charge is 2.15. The van der Waals surface area contributed by atoms with Crippen molar-refractivity contribution in [3.05, 3.63) is 106 Å². The molecule has 4 rings (SSSR count). The van der Waals surface area contributed by atoms with Crippen LogP contribution in [0.3, 0.4) is 0 Å². The zero-order chi connectivity index (χ0) is 20.8. The molecule has 2 N–H and O–H groups in total. The fourth-order valence-corrected chi connectivity index (χ4v) is 3.40. The third kappa shape index (κ3) is 4.50. The van der Waals surface area contributed by atoms with Crippen molar-refractivity contribution in [2.24, 2.45) is 5.10 Å². The van der Waals surface area contributed by atoms with Gasteiger partial charge in [-0.1, -0.05) is 65.9 Å². The zero-order valence-electron chi connectivity index (χ0n) is 15.7. The Bertz CT molecular complexity index is 1220. The second-order valence-corrected chi connectivity index (χ2v) is 7.13. The lowest BCUT2D eigenvalue weighted by atomic mass is 10.2. The van der Waals surface area contributed by atoms with E-state index in [1.54, 1.807) is 36.4 Å². The number of nitrogens with zero attached hydrogens (tertiary/aromatic N) is 3. The average molecular weight is 415 g/mol. The summed E-state index contributed by atoms with van der Waals surface area (Å²) in [5.74, 6) is -0.703. The smallest absolute Gasteiger partial charge is 0.286 e. The van der Waals surface area contributed by atoms with Gasteiger partial charge in [0.25, 0.3) is 11.8 Å². The van der Waals surface area contributed by atoms with Crippen LogP contribution in [0.4, 0.5) is 5.69 Å². The molecule has 0 aliphatic rings. The van der Waals surface area contributed by atoms with Gasteiger partial charge in [-0.05, 0) is 36.4 Å². The molecule has 0 aliphatic carbocycles. The molecule has 0 atom stereocenters. The molecule has 0 saturated heterocycles. The molecule has 8 heteroatoms. The minimum Gasteiger partial charge on any atom is -0.320 e. The quantitative estimate of drug-likeness (QED) is 0.490. The SMILES string of the molecule is O=C(N/N=c1\sc(C(=O)Nc2ccccc2)nn1-c1ccccc1)c1ccccc1. The molecule has 3 aromatic carbocycles. The first-order valence-electron chi connectivity index (χ1n) is 9.12. The number of rotatable bonds is 5. The molecule has 1 heterocycles. The van der Waals surface area contributed by atoms with E-state index in [4.69, 9.17) is 0 Å². The lowest BCUT2D eigenvalue weighted by Gasteiger charge is -2.02. The highest BCUT2D eigenvalue weighted by atomic mass is 32.1. The summed E-state index contributed by atoms with van der Waals surface area (Å²) >= 11 is 1.08. The number of carbonyl (C=O) groups excluding carboxylic acids is 2. The van der Waals surface area contributed by atoms with Crippen molar-refractivity contribution in [2.45, 2.75) is 0 Å². The van der Waals surface area contributed by atoms with Crippen LogP contribution in [0, 0.1) is 0 Å². The number of aromatic nitrogens is 2. The molecular formula is C22H17N5O2S. The van der Waals surface area contributed by atoms with E-state index in [0.29, 0.717) is 16.1 Å². The lowest BCUT2D eigenvalue weighted by Crippen LogP contribution is -2.24. The van der Waals surface area contributed by atoms with E-state index in [1.807, 2.05) is 54.6 Å². The highest BCUT2D eigenvalue weighted by Crippen LogP contribution is 2.11. The van der Waals surface area contributed by atoms with Gasteiger partial charge in [0.1, 0.15) is 0 Å². The molecule has 7 nitrogen and oxygen atoms in total. The summed E-state index contributed by atoms with van der Waals surface area (Å²) in [6, 6.07) is 27.2. The topological polar surface area (TPSA) is 88.4 Å². The molecule has 0 spiro atoms. The van der Waals surface area contributed by atoms with E-state index in [0.717, 1.165) is 17.0 Å². The highest BCUT2D eigenvalue weighted by molar-refractivity contribution is 7.11. The van der Waals surface area contributed by atoms with Crippen LogP contribution in [0.2, 0.25) is 0 Å². The van der Waals surface area contributed by atoms with Gasteiger partial charge in [0.05, 0.1) is 5.69 Å². The number of para-hydroxylation sites is 2. The minimum atomic E-state index is -0.355. The van der Waals surface area contributed by atoms with E-state index in [9.17, 15) is 9.59 Å². The molecular weight excluding hydrogens is 398 g/mol. The van der Waals surface area contributed by atoms with Crippen molar-refractivity contribution in [1.29, 1.82) is 0 Å². The van der Waals surface area contributed by atoms with Gasteiger partial charge in [-0.15, -0.1) is 10.2 Å². The molecule has 1 aromatic heterocycles. The van der Waals surface area contributed by atoms with Gasteiger partial charge in [-0.3, -0.25) is 9.59 Å². The first-order valence-corrected chi connectivity index (χ1v) is 9.93. The third-order valence-corrected chi connectivity index (χ3v) is 4.98. The summed E-state index contributed by atoms with van der Waals surface area (Å²) in [4.78, 5) is 25.4. The van der Waals surface area contributed by atoms with Gasteiger partial charge >= 0.3 is 0 Å². The fraction of sp³-hybridized carbons (Fsp3) is 0. The molecule has 2 amide bonds. The molecule has 0 aliphatic heterocycles. The molecule has 0 bridgehead atoms. The number of hydrogen-bond donors (Lipinski definition) is 2. The molecule has 30 heavy (non-hydrogen) atoms. The zero-order valence-corrected chi connectivity index (χ0v) is 16.5. The van der Waals surface area contributed by atoms with Crippen molar-refractivity contribution in [3.8, 4) is 5.69 Å². The number of benzene rings is 3. The largest absolute Gasteiger partial charge is 0.320 e. The number of carbonyl (C=O) groups is 2. The van der Waals surface area contributed by atoms with Crippen molar-refractivity contribution in [2.75, 3.05) is 5.32 Å². The Morgan fingerprint density at radius 1 is 0.800 bits per heavy atom. The Morgan fingerprint density at radius 3 is 2.07 bits per heavy atom. The van der Waals surface area contributed by atoms with Crippen LogP contribution in [0.15, 0.2) is 96.1 Å². The summed E-state index contributed by atoms with van der Waals surface area (Å²) < 4.78 is 1.52. The molecule has 0 fully saturated rings. The summed E-state index contributed by atoms with van der Waals surface area (Å²) in [6.07, 6.45) is 0. The molecule has 0 unspecified atom stereocenters. The number of nitrogens with one attached hydrogen (secondary N) is 2. The van der Waals surface area contributed by atoms with E-state index in [2.05, 4.69) is 20.9 Å². The Morgan fingerprint density at radius 2 is 1.40 bits per heavy atom. The van der Waals surface area contributed by atoms with Crippen molar-refractivity contribution < 1.29 is 9.59 Å². The average Bonchev–Trinajstić information content (AvgIpc) is 3.24. The van der Waals surface area contributed by atoms with Gasteiger partial charge in [0.15, 0.2) is 0 Å². The summed E-state index contributed by atoms with van der Waals surface area (Å²) in [7, 11) is 0. The van der Waals surface area contributed by atoms with E-state index in [1.165, 1.54) is 4.68 Å². The molecule has 148 valence electrons. The lowest BCUT2D eigenvalue weighted by molar-refractivity contribution is 0.0952. The summed E-state index contributed by atoms with van der Waals surface area (Å²) in [5, 5.41) is 11.6. The van der Waals surface area contributed by atoms with Crippen LogP contribution < -0.4 is 15.5 Å². The van der Waals surface area contributed by atoms with Crippen molar-refractivity contribution in [3.63, 3.8) is 0 Å². The van der Waals surface area contributed by atoms with Crippen molar-refractivity contribution in [1.82, 2.24) is 15.2 Å².